The number of anilines is 2. The van der Waals surface area contributed by atoms with Crippen LogP contribution in [0.4, 0.5) is 10.9 Å². The Morgan fingerprint density at radius 2 is 1.53 bits per heavy atom. The fourth-order valence-corrected chi connectivity index (χ4v) is 4.63. The van der Waals surface area contributed by atoms with Crippen LogP contribution in [0, 0.1) is 0 Å². The van der Waals surface area contributed by atoms with Crippen molar-refractivity contribution >= 4 is 28.1 Å². The standard InChI is InChI=1S/C27H20N6O2S/c1-35-20-14-12-18(13-15-20)22-24(31-27-28-16-29-36-27)30-25-21(17-8-4-2-5-9-17)23(32-33(25)26(22)34)19-10-6-3-7-11-19/h2-16,32H,1H3,(H,28,29,31). The predicted molar refractivity (Wildman–Crippen MR) is 142 cm³/mol. The molecule has 0 aliphatic rings. The lowest BCUT2D eigenvalue weighted by Gasteiger charge is -2.11. The van der Waals surface area contributed by atoms with Gasteiger partial charge >= 0.3 is 0 Å². The van der Waals surface area contributed by atoms with Crippen LogP contribution < -0.4 is 15.6 Å². The number of hydrogen-bond donors (Lipinski definition) is 2. The lowest BCUT2D eigenvalue weighted by atomic mass is 10.0. The van der Waals surface area contributed by atoms with Crippen molar-refractivity contribution < 1.29 is 4.74 Å². The van der Waals surface area contributed by atoms with E-state index in [9.17, 15) is 4.79 Å². The molecule has 6 aromatic rings. The maximum atomic E-state index is 14.0. The number of hydrogen-bond acceptors (Lipinski definition) is 7. The third-order valence-corrected chi connectivity index (χ3v) is 6.45. The van der Waals surface area contributed by atoms with Gasteiger partial charge in [0.25, 0.3) is 5.56 Å². The first kappa shape index (κ1) is 21.8. The number of rotatable bonds is 6. The van der Waals surface area contributed by atoms with Crippen molar-refractivity contribution in [3.05, 3.63) is 102 Å². The Hall–Kier alpha value is -4.76. The highest BCUT2D eigenvalue weighted by Gasteiger charge is 2.23. The summed E-state index contributed by atoms with van der Waals surface area (Å²) in [6.45, 7) is 0. The zero-order valence-electron chi connectivity index (χ0n) is 19.2. The van der Waals surface area contributed by atoms with Crippen molar-refractivity contribution in [2.24, 2.45) is 0 Å². The van der Waals surface area contributed by atoms with Gasteiger partial charge in [-0.15, -0.1) is 0 Å². The molecule has 0 unspecified atom stereocenters. The van der Waals surface area contributed by atoms with Gasteiger partial charge in [-0.05, 0) is 23.3 Å². The van der Waals surface area contributed by atoms with Gasteiger partial charge in [-0.1, -0.05) is 72.8 Å². The van der Waals surface area contributed by atoms with E-state index in [0.29, 0.717) is 33.5 Å². The lowest BCUT2D eigenvalue weighted by Crippen LogP contribution is -2.19. The van der Waals surface area contributed by atoms with Crippen LogP contribution in [-0.2, 0) is 0 Å². The molecule has 0 saturated carbocycles. The lowest BCUT2D eigenvalue weighted by molar-refractivity contribution is 0.415. The maximum Gasteiger partial charge on any atom is 0.282 e. The highest BCUT2D eigenvalue weighted by Crippen LogP contribution is 2.36. The highest BCUT2D eigenvalue weighted by molar-refractivity contribution is 7.09. The van der Waals surface area contributed by atoms with Gasteiger partial charge in [-0.3, -0.25) is 9.89 Å². The molecule has 0 saturated heterocycles. The second-order valence-corrected chi connectivity index (χ2v) is 8.77. The van der Waals surface area contributed by atoms with E-state index in [1.54, 1.807) is 7.11 Å². The average Bonchev–Trinajstić information content (AvgIpc) is 3.58. The topological polar surface area (TPSA) is 97.2 Å². The molecule has 0 aliphatic carbocycles. The second kappa shape index (κ2) is 9.12. The molecular weight excluding hydrogens is 472 g/mol. The second-order valence-electron chi connectivity index (χ2n) is 7.99. The minimum atomic E-state index is -0.239. The zero-order chi connectivity index (χ0) is 24.5. The Bertz CT molecular complexity index is 1690. The van der Waals surface area contributed by atoms with Crippen molar-refractivity contribution in [2.45, 2.75) is 0 Å². The molecule has 0 radical (unpaired) electrons. The molecule has 0 aliphatic heterocycles. The van der Waals surface area contributed by atoms with Crippen LogP contribution in [0.3, 0.4) is 0 Å². The number of ether oxygens (including phenoxy) is 1. The van der Waals surface area contributed by atoms with Crippen LogP contribution in [0.25, 0.3) is 39.2 Å². The van der Waals surface area contributed by atoms with Crippen molar-refractivity contribution in [1.82, 2.24) is 24.0 Å². The van der Waals surface area contributed by atoms with Gasteiger partial charge < -0.3 is 10.1 Å². The molecule has 0 amide bonds. The molecule has 3 aromatic carbocycles. The number of methoxy groups -OCH3 is 1. The molecular formula is C27H20N6O2S. The van der Waals surface area contributed by atoms with E-state index < -0.39 is 0 Å². The van der Waals surface area contributed by atoms with Crippen LogP contribution in [-0.4, -0.2) is 31.1 Å². The van der Waals surface area contributed by atoms with E-state index in [4.69, 9.17) is 9.72 Å². The van der Waals surface area contributed by atoms with E-state index in [2.05, 4.69) is 19.8 Å². The summed E-state index contributed by atoms with van der Waals surface area (Å²) < 4.78 is 10.9. The maximum absolute atomic E-state index is 14.0. The van der Waals surface area contributed by atoms with Gasteiger partial charge in [-0.25, -0.2) is 9.97 Å². The van der Waals surface area contributed by atoms with Crippen molar-refractivity contribution in [1.29, 1.82) is 0 Å². The minimum Gasteiger partial charge on any atom is -0.497 e. The van der Waals surface area contributed by atoms with Crippen LogP contribution in [0.2, 0.25) is 0 Å². The number of aromatic nitrogens is 5. The summed E-state index contributed by atoms with van der Waals surface area (Å²) >= 11 is 1.19. The third-order valence-electron chi connectivity index (χ3n) is 5.87. The number of aromatic amines is 1. The summed E-state index contributed by atoms with van der Waals surface area (Å²) in [5, 5.41) is 7.09. The third kappa shape index (κ3) is 3.81. The minimum absolute atomic E-state index is 0.239. The van der Waals surface area contributed by atoms with Gasteiger partial charge in [0.2, 0.25) is 5.13 Å². The average molecular weight is 493 g/mol. The summed E-state index contributed by atoms with van der Waals surface area (Å²) in [6.07, 6.45) is 1.46. The summed E-state index contributed by atoms with van der Waals surface area (Å²) in [5.41, 5.74) is 4.91. The quantitative estimate of drug-likeness (QED) is 0.313. The Labute approximate surface area is 210 Å². The first-order chi connectivity index (χ1) is 17.7. The van der Waals surface area contributed by atoms with Gasteiger partial charge in [0, 0.05) is 17.1 Å². The molecule has 2 N–H and O–H groups in total. The van der Waals surface area contributed by atoms with Crippen LogP contribution in [0.15, 0.2) is 96.1 Å². The first-order valence-electron chi connectivity index (χ1n) is 11.2. The Morgan fingerprint density at radius 3 is 2.17 bits per heavy atom. The Kier molecular flexibility index (Phi) is 5.51. The summed E-state index contributed by atoms with van der Waals surface area (Å²) in [6, 6.07) is 27.2. The monoisotopic (exact) mass is 492 g/mol. The van der Waals surface area contributed by atoms with E-state index >= 15 is 0 Å². The fraction of sp³-hybridized carbons (Fsp3) is 0.0370. The molecule has 6 rings (SSSR count). The van der Waals surface area contributed by atoms with E-state index in [0.717, 1.165) is 22.4 Å². The predicted octanol–water partition coefficient (Wildman–Crippen LogP) is 5.63. The number of H-pyrrole nitrogens is 1. The van der Waals surface area contributed by atoms with Gasteiger partial charge in [-0.2, -0.15) is 8.89 Å². The number of fused-ring (bicyclic) bond motifs is 1. The summed E-state index contributed by atoms with van der Waals surface area (Å²) in [5.74, 6) is 1.10. The summed E-state index contributed by atoms with van der Waals surface area (Å²) in [4.78, 5) is 23.3. The van der Waals surface area contributed by atoms with Gasteiger partial charge in [0.05, 0.1) is 23.9 Å². The van der Waals surface area contributed by atoms with Gasteiger partial charge in [0.1, 0.15) is 17.9 Å². The van der Waals surface area contributed by atoms with Crippen LogP contribution >= 0.6 is 11.5 Å². The molecule has 8 nitrogen and oxygen atoms in total. The smallest absolute Gasteiger partial charge is 0.282 e. The molecule has 176 valence electrons. The molecule has 0 atom stereocenters. The van der Waals surface area contributed by atoms with E-state index in [1.165, 1.54) is 22.4 Å². The molecule has 3 heterocycles. The largest absolute Gasteiger partial charge is 0.497 e. The van der Waals surface area contributed by atoms with E-state index in [1.807, 2.05) is 84.9 Å². The SMILES string of the molecule is COc1ccc(-c2c(Nc3ncns3)nc3c(-c4ccccc4)c(-c4ccccc4)[nH]n3c2=O)cc1. The highest BCUT2D eigenvalue weighted by atomic mass is 32.1. The van der Waals surface area contributed by atoms with Crippen molar-refractivity contribution in [2.75, 3.05) is 12.4 Å². The van der Waals surface area contributed by atoms with E-state index in [-0.39, 0.29) is 5.56 Å². The molecule has 0 bridgehead atoms. The fourth-order valence-electron chi connectivity index (χ4n) is 4.20. The molecule has 9 heteroatoms. The zero-order valence-corrected chi connectivity index (χ0v) is 20.0. The molecule has 0 fully saturated rings. The number of nitrogens with zero attached hydrogens (tertiary/aromatic N) is 4. The Morgan fingerprint density at radius 1 is 0.861 bits per heavy atom. The summed E-state index contributed by atoms with van der Waals surface area (Å²) in [7, 11) is 1.61. The normalized spacial score (nSPS) is 11.0. The van der Waals surface area contributed by atoms with Crippen LogP contribution in [0.1, 0.15) is 0 Å². The van der Waals surface area contributed by atoms with Crippen molar-refractivity contribution in [3.8, 4) is 39.3 Å². The number of benzene rings is 3. The van der Waals surface area contributed by atoms with Crippen LogP contribution in [0.5, 0.6) is 5.75 Å². The number of nitrogens with one attached hydrogen (secondary N) is 2. The molecule has 36 heavy (non-hydrogen) atoms. The van der Waals surface area contributed by atoms with Crippen molar-refractivity contribution in [3.63, 3.8) is 0 Å². The van der Waals surface area contributed by atoms with Gasteiger partial charge in [0.15, 0.2) is 5.65 Å². The first-order valence-corrected chi connectivity index (χ1v) is 12.0. The molecule has 0 spiro atoms. The molecule has 3 aromatic heterocycles. The Balaban J connectivity index is 1.67.